The van der Waals surface area contributed by atoms with Crippen LogP contribution in [0.2, 0.25) is 0 Å². The summed E-state index contributed by atoms with van der Waals surface area (Å²) in [5.74, 6) is 0. The number of aromatic nitrogens is 2. The molecule has 0 amide bonds. The van der Waals surface area contributed by atoms with Gasteiger partial charge >= 0.3 is 0 Å². The fraction of sp³-hybridized carbons (Fsp3) is 0.200. The first-order valence-corrected chi connectivity index (χ1v) is 4.39. The second-order valence-electron chi connectivity index (χ2n) is 3.23. The van der Waals surface area contributed by atoms with E-state index in [1.165, 1.54) is 10.6 Å². The molecule has 0 fully saturated rings. The van der Waals surface area contributed by atoms with Crippen molar-refractivity contribution >= 4 is 5.65 Å². The summed E-state index contributed by atoms with van der Waals surface area (Å²) in [7, 11) is 0. The van der Waals surface area contributed by atoms with Crippen molar-refractivity contribution < 1.29 is 0 Å². The molecular formula is C10H11N3O. The van der Waals surface area contributed by atoms with Crippen LogP contribution in [0.3, 0.4) is 0 Å². The molecule has 2 aromatic heterocycles. The number of hydrogen-bond donors (Lipinski definition) is 1. The zero-order valence-corrected chi connectivity index (χ0v) is 7.90. The summed E-state index contributed by atoms with van der Waals surface area (Å²) in [6.07, 6.45) is 3.26. The van der Waals surface area contributed by atoms with Gasteiger partial charge in [-0.25, -0.2) is 4.98 Å². The van der Waals surface area contributed by atoms with Crippen molar-refractivity contribution in [2.75, 3.05) is 0 Å². The SMILES string of the molecule is Cc1ccn2c(=O)c(CN)cnc2c1. The van der Waals surface area contributed by atoms with Crippen LogP contribution in [-0.4, -0.2) is 9.38 Å². The van der Waals surface area contributed by atoms with Gasteiger partial charge in [0.15, 0.2) is 0 Å². The molecule has 0 bridgehead atoms. The molecule has 14 heavy (non-hydrogen) atoms. The van der Waals surface area contributed by atoms with Crippen molar-refractivity contribution in [3.8, 4) is 0 Å². The Kier molecular flexibility index (Phi) is 2.05. The minimum atomic E-state index is -0.0856. The second kappa shape index (κ2) is 3.23. The zero-order chi connectivity index (χ0) is 10.1. The molecule has 0 spiro atoms. The minimum absolute atomic E-state index is 0.0856. The Morgan fingerprint density at radius 3 is 3.07 bits per heavy atom. The van der Waals surface area contributed by atoms with Gasteiger partial charge in [-0.2, -0.15) is 0 Å². The summed E-state index contributed by atoms with van der Waals surface area (Å²) in [6.45, 7) is 2.19. The molecule has 4 nitrogen and oxygen atoms in total. The van der Waals surface area contributed by atoms with Crippen LogP contribution in [-0.2, 0) is 6.54 Å². The van der Waals surface area contributed by atoms with Crippen molar-refractivity contribution in [2.24, 2.45) is 5.73 Å². The van der Waals surface area contributed by atoms with Gasteiger partial charge in [-0.1, -0.05) is 0 Å². The topological polar surface area (TPSA) is 60.4 Å². The van der Waals surface area contributed by atoms with Crippen molar-refractivity contribution in [2.45, 2.75) is 13.5 Å². The molecule has 4 heteroatoms. The lowest BCUT2D eigenvalue weighted by molar-refractivity contribution is 0.944. The van der Waals surface area contributed by atoms with Gasteiger partial charge in [0.25, 0.3) is 5.56 Å². The van der Waals surface area contributed by atoms with Crippen molar-refractivity contribution in [1.82, 2.24) is 9.38 Å². The molecule has 2 aromatic rings. The third-order valence-corrected chi connectivity index (χ3v) is 2.16. The van der Waals surface area contributed by atoms with Crippen LogP contribution in [0.25, 0.3) is 5.65 Å². The highest BCUT2D eigenvalue weighted by Crippen LogP contribution is 2.01. The van der Waals surface area contributed by atoms with Crippen LogP contribution in [0.4, 0.5) is 0 Å². The Bertz CT molecular complexity index is 530. The first-order chi connectivity index (χ1) is 6.72. The highest BCUT2D eigenvalue weighted by molar-refractivity contribution is 5.41. The van der Waals surface area contributed by atoms with E-state index in [9.17, 15) is 4.79 Å². The van der Waals surface area contributed by atoms with Crippen molar-refractivity contribution in [3.05, 3.63) is 46.0 Å². The average molecular weight is 189 g/mol. The van der Waals surface area contributed by atoms with E-state index in [2.05, 4.69) is 4.98 Å². The molecule has 2 heterocycles. The molecule has 0 saturated heterocycles. The lowest BCUT2D eigenvalue weighted by atomic mass is 10.3. The predicted molar refractivity (Wildman–Crippen MR) is 54.1 cm³/mol. The van der Waals surface area contributed by atoms with Gasteiger partial charge in [-0.15, -0.1) is 0 Å². The lowest BCUT2D eigenvalue weighted by Gasteiger charge is -2.02. The Morgan fingerprint density at radius 2 is 2.36 bits per heavy atom. The number of hydrogen-bond acceptors (Lipinski definition) is 3. The van der Waals surface area contributed by atoms with E-state index < -0.39 is 0 Å². The fourth-order valence-electron chi connectivity index (χ4n) is 1.35. The van der Waals surface area contributed by atoms with E-state index in [4.69, 9.17) is 5.73 Å². The summed E-state index contributed by atoms with van der Waals surface area (Å²) >= 11 is 0. The van der Waals surface area contributed by atoms with Gasteiger partial charge in [0.05, 0.1) is 0 Å². The molecule has 0 aromatic carbocycles. The quantitative estimate of drug-likeness (QED) is 0.709. The summed E-state index contributed by atoms with van der Waals surface area (Å²) in [5.41, 5.74) is 7.61. The monoisotopic (exact) mass is 189 g/mol. The number of aryl methyl sites for hydroxylation is 1. The Morgan fingerprint density at radius 1 is 1.57 bits per heavy atom. The Hall–Kier alpha value is -1.68. The number of fused-ring (bicyclic) bond motifs is 1. The highest BCUT2D eigenvalue weighted by atomic mass is 16.1. The van der Waals surface area contributed by atoms with E-state index in [0.717, 1.165) is 5.56 Å². The van der Waals surface area contributed by atoms with Gasteiger partial charge in [0, 0.05) is 24.5 Å². The maximum Gasteiger partial charge on any atom is 0.262 e. The van der Waals surface area contributed by atoms with Crippen LogP contribution >= 0.6 is 0 Å². The van der Waals surface area contributed by atoms with Gasteiger partial charge < -0.3 is 5.73 Å². The van der Waals surface area contributed by atoms with E-state index in [1.807, 2.05) is 19.1 Å². The van der Waals surface area contributed by atoms with E-state index in [-0.39, 0.29) is 12.1 Å². The highest BCUT2D eigenvalue weighted by Gasteiger charge is 2.02. The van der Waals surface area contributed by atoms with Crippen LogP contribution < -0.4 is 11.3 Å². The molecule has 0 unspecified atom stereocenters. The molecule has 0 aliphatic rings. The van der Waals surface area contributed by atoms with Crippen molar-refractivity contribution in [3.63, 3.8) is 0 Å². The fourth-order valence-corrected chi connectivity index (χ4v) is 1.35. The molecule has 0 aliphatic heterocycles. The number of nitrogens with two attached hydrogens (primary N) is 1. The minimum Gasteiger partial charge on any atom is -0.326 e. The smallest absolute Gasteiger partial charge is 0.262 e. The van der Waals surface area contributed by atoms with Crippen LogP contribution in [0, 0.1) is 6.92 Å². The standard InChI is InChI=1S/C10H11N3O/c1-7-2-3-13-9(4-7)12-6-8(5-11)10(13)14/h2-4,6H,5,11H2,1H3. The third kappa shape index (κ3) is 1.29. The number of pyridine rings is 1. The summed E-state index contributed by atoms with van der Waals surface area (Å²) < 4.78 is 1.51. The molecule has 2 N–H and O–H groups in total. The molecule has 0 saturated carbocycles. The normalized spacial score (nSPS) is 10.7. The summed E-state index contributed by atoms with van der Waals surface area (Å²) in [6, 6.07) is 3.73. The molecule has 0 aliphatic carbocycles. The van der Waals surface area contributed by atoms with Gasteiger partial charge in [0.2, 0.25) is 0 Å². The van der Waals surface area contributed by atoms with Crippen molar-refractivity contribution in [1.29, 1.82) is 0 Å². The zero-order valence-electron chi connectivity index (χ0n) is 7.90. The first-order valence-electron chi connectivity index (χ1n) is 4.39. The molecular weight excluding hydrogens is 178 g/mol. The Labute approximate surface area is 81.0 Å². The number of rotatable bonds is 1. The van der Waals surface area contributed by atoms with Gasteiger partial charge in [-0.05, 0) is 24.6 Å². The predicted octanol–water partition coefficient (Wildman–Crippen LogP) is 0.462. The van der Waals surface area contributed by atoms with E-state index in [1.54, 1.807) is 6.20 Å². The lowest BCUT2D eigenvalue weighted by Crippen LogP contribution is -2.21. The molecule has 2 rings (SSSR count). The van der Waals surface area contributed by atoms with E-state index >= 15 is 0 Å². The molecule has 72 valence electrons. The van der Waals surface area contributed by atoms with Crippen LogP contribution in [0.15, 0.2) is 29.3 Å². The largest absolute Gasteiger partial charge is 0.326 e. The summed E-state index contributed by atoms with van der Waals surface area (Å²) in [5, 5.41) is 0. The summed E-state index contributed by atoms with van der Waals surface area (Å²) in [4.78, 5) is 15.9. The molecule has 0 atom stereocenters. The maximum atomic E-state index is 11.7. The maximum absolute atomic E-state index is 11.7. The van der Waals surface area contributed by atoms with Crippen LogP contribution in [0.1, 0.15) is 11.1 Å². The second-order valence-corrected chi connectivity index (χ2v) is 3.23. The van der Waals surface area contributed by atoms with Crippen LogP contribution in [0.5, 0.6) is 0 Å². The van der Waals surface area contributed by atoms with Gasteiger partial charge in [0.1, 0.15) is 5.65 Å². The average Bonchev–Trinajstić information content (AvgIpc) is 2.18. The van der Waals surface area contributed by atoms with E-state index in [0.29, 0.717) is 11.2 Å². The Balaban J connectivity index is 2.84. The molecule has 0 radical (unpaired) electrons. The first kappa shape index (κ1) is 8.90. The van der Waals surface area contributed by atoms with Gasteiger partial charge in [-0.3, -0.25) is 9.20 Å². The number of nitrogens with zero attached hydrogens (tertiary/aromatic N) is 2. The third-order valence-electron chi connectivity index (χ3n) is 2.16.